The summed E-state index contributed by atoms with van der Waals surface area (Å²) in [6.07, 6.45) is 10.8. The summed E-state index contributed by atoms with van der Waals surface area (Å²) >= 11 is 0. The van der Waals surface area contributed by atoms with Gasteiger partial charge >= 0.3 is 0 Å². The quantitative estimate of drug-likeness (QED) is 0.507. The van der Waals surface area contributed by atoms with Crippen molar-refractivity contribution in [1.29, 1.82) is 0 Å². The van der Waals surface area contributed by atoms with E-state index in [1.165, 1.54) is 38.5 Å². The monoisotopic (exact) mass is 251 g/mol. The molecule has 0 radical (unpaired) electrons. The van der Waals surface area contributed by atoms with E-state index in [9.17, 15) is 0 Å². The lowest BCUT2D eigenvalue weighted by molar-refractivity contribution is 0.288. The molecule has 18 heavy (non-hydrogen) atoms. The second-order valence-electron chi connectivity index (χ2n) is 6.47. The maximum atomic E-state index is 3.52. The predicted molar refractivity (Wildman–Crippen MR) is 81.8 cm³/mol. The zero-order valence-corrected chi connectivity index (χ0v) is 13.0. The van der Waals surface area contributed by atoms with Gasteiger partial charge in [0.15, 0.2) is 0 Å². The largest absolute Gasteiger partial charge is 0.316 e. The van der Waals surface area contributed by atoms with Gasteiger partial charge in [-0.2, -0.15) is 0 Å². The van der Waals surface area contributed by atoms with Crippen LogP contribution in [-0.2, 0) is 0 Å². The Morgan fingerprint density at radius 1 is 1.33 bits per heavy atom. The second-order valence-corrected chi connectivity index (χ2v) is 6.47. The van der Waals surface area contributed by atoms with Gasteiger partial charge in [0.1, 0.15) is 0 Å². The van der Waals surface area contributed by atoms with Crippen LogP contribution in [0.2, 0.25) is 0 Å². The topological polar surface area (TPSA) is 12.0 Å². The third-order valence-corrected chi connectivity index (χ3v) is 4.34. The summed E-state index contributed by atoms with van der Waals surface area (Å²) in [5, 5.41) is 3.52. The number of hydrogen-bond donors (Lipinski definition) is 1. The minimum Gasteiger partial charge on any atom is -0.316 e. The van der Waals surface area contributed by atoms with Crippen LogP contribution in [0.5, 0.6) is 0 Å². The van der Waals surface area contributed by atoms with Crippen LogP contribution in [0.25, 0.3) is 0 Å². The standard InChI is InChI=1S/C17H33N/c1-5-16-9-6-10-17(12-16)15(4)8-7-11-18-13-14(2)3/h8,14,16-18H,5-7,9-13H2,1-4H3. The van der Waals surface area contributed by atoms with Gasteiger partial charge in [-0.05, 0) is 57.0 Å². The molecule has 1 heteroatoms. The van der Waals surface area contributed by atoms with Crippen LogP contribution >= 0.6 is 0 Å². The van der Waals surface area contributed by atoms with Gasteiger partial charge in [-0.15, -0.1) is 0 Å². The first kappa shape index (κ1) is 15.8. The molecule has 1 aliphatic rings. The lowest BCUT2D eigenvalue weighted by atomic mass is 9.77. The van der Waals surface area contributed by atoms with Crippen molar-refractivity contribution in [1.82, 2.24) is 5.32 Å². The summed E-state index contributed by atoms with van der Waals surface area (Å²) in [4.78, 5) is 0. The Balaban J connectivity index is 2.23. The normalized spacial score (nSPS) is 25.7. The van der Waals surface area contributed by atoms with Crippen molar-refractivity contribution in [2.75, 3.05) is 13.1 Å². The summed E-state index contributed by atoms with van der Waals surface area (Å²) in [6, 6.07) is 0. The third-order valence-electron chi connectivity index (χ3n) is 4.34. The van der Waals surface area contributed by atoms with Crippen LogP contribution in [-0.4, -0.2) is 13.1 Å². The predicted octanol–water partition coefficient (Wildman–Crippen LogP) is 4.78. The second kappa shape index (κ2) is 8.74. The summed E-state index contributed by atoms with van der Waals surface area (Å²) in [7, 11) is 0. The molecule has 0 aromatic carbocycles. The first-order chi connectivity index (χ1) is 8.63. The maximum Gasteiger partial charge on any atom is -0.00141 e. The lowest BCUT2D eigenvalue weighted by Gasteiger charge is -2.29. The van der Waals surface area contributed by atoms with Gasteiger partial charge in [0, 0.05) is 0 Å². The van der Waals surface area contributed by atoms with Crippen molar-refractivity contribution in [3.63, 3.8) is 0 Å². The van der Waals surface area contributed by atoms with E-state index < -0.39 is 0 Å². The highest BCUT2D eigenvalue weighted by atomic mass is 14.8. The number of rotatable bonds is 7. The Labute approximate surface area is 114 Å². The van der Waals surface area contributed by atoms with Gasteiger partial charge in [0.25, 0.3) is 0 Å². The van der Waals surface area contributed by atoms with Crippen molar-refractivity contribution in [2.45, 2.75) is 66.2 Å². The molecule has 0 amide bonds. The van der Waals surface area contributed by atoms with E-state index in [0.717, 1.165) is 30.8 Å². The van der Waals surface area contributed by atoms with Crippen LogP contribution in [0, 0.1) is 17.8 Å². The minimum absolute atomic E-state index is 0.763. The average Bonchev–Trinajstić information content (AvgIpc) is 2.37. The SMILES string of the molecule is CCC1CCCC(C(C)=CCCNCC(C)C)C1. The molecule has 0 spiro atoms. The van der Waals surface area contributed by atoms with E-state index in [2.05, 4.69) is 39.1 Å². The fraction of sp³-hybridized carbons (Fsp3) is 0.882. The number of nitrogens with one attached hydrogen (secondary N) is 1. The van der Waals surface area contributed by atoms with Crippen LogP contribution in [0.15, 0.2) is 11.6 Å². The van der Waals surface area contributed by atoms with Crippen molar-refractivity contribution in [2.24, 2.45) is 17.8 Å². The fourth-order valence-corrected chi connectivity index (χ4v) is 3.03. The zero-order valence-electron chi connectivity index (χ0n) is 13.0. The smallest absolute Gasteiger partial charge is 0.00141 e. The molecule has 1 fully saturated rings. The van der Waals surface area contributed by atoms with Gasteiger partial charge in [-0.25, -0.2) is 0 Å². The molecule has 1 N–H and O–H groups in total. The lowest BCUT2D eigenvalue weighted by Crippen LogP contribution is -2.20. The van der Waals surface area contributed by atoms with E-state index in [1.54, 1.807) is 5.57 Å². The molecule has 0 aromatic heterocycles. The summed E-state index contributed by atoms with van der Waals surface area (Å²) < 4.78 is 0. The molecule has 0 saturated heterocycles. The van der Waals surface area contributed by atoms with E-state index in [4.69, 9.17) is 0 Å². The molecule has 1 nitrogen and oxygen atoms in total. The summed E-state index contributed by atoms with van der Waals surface area (Å²) in [5.41, 5.74) is 1.65. The highest BCUT2D eigenvalue weighted by Gasteiger charge is 2.21. The van der Waals surface area contributed by atoms with E-state index >= 15 is 0 Å². The van der Waals surface area contributed by atoms with Gasteiger partial charge in [-0.3, -0.25) is 0 Å². The van der Waals surface area contributed by atoms with Crippen LogP contribution in [0.1, 0.15) is 66.2 Å². The van der Waals surface area contributed by atoms with Gasteiger partial charge < -0.3 is 5.32 Å². The summed E-state index contributed by atoms with van der Waals surface area (Å²) in [5.74, 6) is 2.64. The Kier molecular flexibility index (Phi) is 7.65. The molecule has 0 aromatic rings. The molecular weight excluding hydrogens is 218 g/mol. The van der Waals surface area contributed by atoms with Crippen molar-refractivity contribution < 1.29 is 0 Å². The Morgan fingerprint density at radius 2 is 2.11 bits per heavy atom. The Bertz CT molecular complexity index is 242. The molecule has 106 valence electrons. The molecule has 1 rings (SSSR count). The van der Waals surface area contributed by atoms with Crippen molar-refractivity contribution in [3.8, 4) is 0 Å². The molecular formula is C17H33N. The van der Waals surface area contributed by atoms with Gasteiger partial charge in [-0.1, -0.05) is 51.7 Å². The molecule has 0 aliphatic heterocycles. The zero-order chi connectivity index (χ0) is 13.4. The maximum absolute atomic E-state index is 3.52. The summed E-state index contributed by atoms with van der Waals surface area (Å²) in [6.45, 7) is 11.5. The molecule has 1 saturated carbocycles. The highest BCUT2D eigenvalue weighted by Crippen LogP contribution is 2.34. The van der Waals surface area contributed by atoms with E-state index in [-0.39, 0.29) is 0 Å². The van der Waals surface area contributed by atoms with Gasteiger partial charge in [0.2, 0.25) is 0 Å². The Hall–Kier alpha value is -0.300. The molecule has 0 heterocycles. The number of allylic oxidation sites excluding steroid dienone is 1. The first-order valence-electron chi connectivity index (χ1n) is 8.00. The highest BCUT2D eigenvalue weighted by molar-refractivity contribution is 5.05. The first-order valence-corrected chi connectivity index (χ1v) is 8.00. The average molecular weight is 251 g/mol. The van der Waals surface area contributed by atoms with E-state index in [0.29, 0.717) is 0 Å². The molecule has 2 atom stereocenters. The van der Waals surface area contributed by atoms with Crippen molar-refractivity contribution in [3.05, 3.63) is 11.6 Å². The fourth-order valence-electron chi connectivity index (χ4n) is 3.03. The van der Waals surface area contributed by atoms with Crippen LogP contribution in [0.3, 0.4) is 0 Å². The van der Waals surface area contributed by atoms with Gasteiger partial charge in [0.05, 0.1) is 0 Å². The molecule has 2 unspecified atom stereocenters. The Morgan fingerprint density at radius 3 is 2.78 bits per heavy atom. The molecule has 0 bridgehead atoms. The number of hydrogen-bond acceptors (Lipinski definition) is 1. The van der Waals surface area contributed by atoms with Crippen LogP contribution in [0.4, 0.5) is 0 Å². The minimum atomic E-state index is 0.763. The van der Waals surface area contributed by atoms with E-state index in [1.807, 2.05) is 0 Å². The van der Waals surface area contributed by atoms with Crippen molar-refractivity contribution >= 4 is 0 Å². The van der Waals surface area contributed by atoms with Crippen LogP contribution < -0.4 is 5.32 Å². The third kappa shape index (κ3) is 6.04. The molecule has 1 aliphatic carbocycles.